The summed E-state index contributed by atoms with van der Waals surface area (Å²) in [6.45, 7) is -0.588. The molecule has 0 amide bonds. The molecule has 0 spiro atoms. The van der Waals surface area contributed by atoms with Crippen molar-refractivity contribution in [2.45, 2.75) is 83.6 Å². The van der Waals surface area contributed by atoms with Crippen molar-refractivity contribution in [3.8, 4) is 45.6 Å². The van der Waals surface area contributed by atoms with Crippen LogP contribution in [0, 0.1) is 0 Å². The highest BCUT2D eigenvalue weighted by Crippen LogP contribution is 2.56. The maximum atomic E-state index is 16.5. The SMILES string of the molecule is O=C1OC[C@H]2O[C@H](O)[C@H](OCc3ccccc3)[C@@H](OCc3ccccc3)[C@@H]2OC(=O)c2cc(OCc3ccccc3)c(OCc3ccccc3)c(OCc3ccccc3)c2-c2c1cc(OCc1ccccc1)c(OCc1ccccc1)c2OCc1ccccc1. The van der Waals surface area contributed by atoms with Gasteiger partial charge >= 0.3 is 11.9 Å². The molecule has 10 aromatic rings. The van der Waals surface area contributed by atoms with E-state index in [1.807, 2.05) is 243 Å². The van der Waals surface area contributed by atoms with Crippen molar-refractivity contribution in [3.63, 3.8) is 0 Å². The second-order valence-corrected chi connectivity index (χ2v) is 21.6. The summed E-state index contributed by atoms with van der Waals surface area (Å²) in [5.74, 6) is -1.51. The Morgan fingerprint density at radius 2 is 0.633 bits per heavy atom. The Morgan fingerprint density at radius 1 is 0.344 bits per heavy atom. The van der Waals surface area contributed by atoms with Gasteiger partial charge in [0.05, 0.1) is 24.3 Å². The Labute approximate surface area is 522 Å². The monoisotopic (exact) mass is 1200 g/mol. The summed E-state index contributed by atoms with van der Waals surface area (Å²) in [5.41, 5.74) is 6.06. The minimum Gasteiger partial charge on any atom is -0.485 e. The molecule has 1 N–H and O–H groups in total. The molecule has 2 heterocycles. The van der Waals surface area contributed by atoms with Gasteiger partial charge < -0.3 is 57.2 Å². The molecule has 0 aliphatic carbocycles. The number of cyclic esters (lactones) is 1. The van der Waals surface area contributed by atoms with Crippen LogP contribution in [-0.4, -0.2) is 54.4 Å². The van der Waals surface area contributed by atoms with E-state index >= 15 is 9.59 Å². The zero-order chi connectivity index (χ0) is 61.3. The van der Waals surface area contributed by atoms with E-state index in [9.17, 15) is 5.11 Å². The van der Waals surface area contributed by atoms with E-state index in [2.05, 4.69) is 0 Å². The average Bonchev–Trinajstić information content (AvgIpc) is 0.958. The Hall–Kier alpha value is -10.2. The molecule has 0 aromatic heterocycles. The van der Waals surface area contributed by atoms with Crippen molar-refractivity contribution in [3.05, 3.63) is 310 Å². The van der Waals surface area contributed by atoms with E-state index in [0.29, 0.717) is 0 Å². The van der Waals surface area contributed by atoms with Gasteiger partial charge in [-0.15, -0.1) is 0 Å². The fraction of sp³-hybridized carbons (Fsp3) is 0.184. The van der Waals surface area contributed by atoms with E-state index in [1.165, 1.54) is 12.1 Å². The lowest BCUT2D eigenvalue weighted by Crippen LogP contribution is -2.61. The number of carbonyl (C=O) groups is 2. The molecule has 90 heavy (non-hydrogen) atoms. The molecule has 12 rings (SSSR count). The van der Waals surface area contributed by atoms with Crippen molar-refractivity contribution < 1.29 is 66.8 Å². The maximum Gasteiger partial charge on any atom is 0.339 e. The summed E-state index contributed by atoms with van der Waals surface area (Å²) >= 11 is 0. The van der Waals surface area contributed by atoms with Crippen LogP contribution < -0.4 is 28.4 Å². The van der Waals surface area contributed by atoms with Gasteiger partial charge in [0.2, 0.25) is 11.5 Å². The van der Waals surface area contributed by atoms with E-state index in [1.54, 1.807) is 0 Å². The fourth-order valence-corrected chi connectivity index (χ4v) is 10.7. The first kappa shape index (κ1) is 60.1. The molecule has 2 aliphatic heterocycles. The molecular weight excluding hydrogens is 1140 g/mol. The first-order chi connectivity index (χ1) is 44.4. The van der Waals surface area contributed by atoms with Crippen molar-refractivity contribution >= 4 is 11.9 Å². The molecule has 1 saturated heterocycles. The maximum absolute atomic E-state index is 16.5. The lowest BCUT2D eigenvalue weighted by Gasteiger charge is -2.43. The third kappa shape index (κ3) is 15.0. The number of carbonyl (C=O) groups excluding carboxylic acids is 2. The van der Waals surface area contributed by atoms with Gasteiger partial charge in [0.25, 0.3) is 0 Å². The number of hydrogen-bond acceptors (Lipinski definition) is 14. The third-order valence-electron chi connectivity index (χ3n) is 15.3. The zero-order valence-electron chi connectivity index (χ0n) is 49.3. The number of aliphatic hydroxyl groups excluding tert-OH is 1. The first-order valence-corrected chi connectivity index (χ1v) is 29.8. The van der Waals surface area contributed by atoms with Crippen LogP contribution in [-0.2, 0) is 76.5 Å². The van der Waals surface area contributed by atoms with Crippen LogP contribution in [0.2, 0.25) is 0 Å². The van der Waals surface area contributed by atoms with Gasteiger partial charge in [0.15, 0.2) is 35.4 Å². The van der Waals surface area contributed by atoms with Crippen LogP contribution in [0.25, 0.3) is 11.1 Å². The van der Waals surface area contributed by atoms with Crippen molar-refractivity contribution in [1.82, 2.24) is 0 Å². The number of hydrogen-bond donors (Lipinski definition) is 1. The van der Waals surface area contributed by atoms with Gasteiger partial charge in [-0.05, 0) is 56.6 Å². The highest BCUT2D eigenvalue weighted by Gasteiger charge is 2.51. The molecule has 0 saturated carbocycles. The van der Waals surface area contributed by atoms with Crippen molar-refractivity contribution in [1.29, 1.82) is 0 Å². The van der Waals surface area contributed by atoms with Gasteiger partial charge in [-0.3, -0.25) is 0 Å². The van der Waals surface area contributed by atoms with Gasteiger partial charge in [0.1, 0.15) is 64.6 Å². The predicted octanol–water partition coefficient (Wildman–Crippen LogP) is 14.4. The summed E-state index contributed by atoms with van der Waals surface area (Å²) in [6, 6.07) is 79.3. The lowest BCUT2D eigenvalue weighted by molar-refractivity contribution is -0.306. The topological polar surface area (TPSA) is 156 Å². The summed E-state index contributed by atoms with van der Waals surface area (Å²) in [4.78, 5) is 32.5. The minimum absolute atomic E-state index is 0.00268. The van der Waals surface area contributed by atoms with Crippen LogP contribution in [0.1, 0.15) is 65.2 Å². The molecule has 0 unspecified atom stereocenters. The molecule has 14 heteroatoms. The number of aliphatic hydroxyl groups is 1. The second-order valence-electron chi connectivity index (χ2n) is 21.6. The molecule has 5 atom stereocenters. The number of benzene rings is 10. The van der Waals surface area contributed by atoms with Gasteiger partial charge in [-0.25, -0.2) is 9.59 Å². The largest absolute Gasteiger partial charge is 0.485 e. The van der Waals surface area contributed by atoms with E-state index in [4.69, 9.17) is 52.1 Å². The van der Waals surface area contributed by atoms with Gasteiger partial charge in [0, 0.05) is 11.1 Å². The molecule has 454 valence electrons. The van der Waals surface area contributed by atoms with Crippen LogP contribution >= 0.6 is 0 Å². The van der Waals surface area contributed by atoms with Crippen LogP contribution in [0.5, 0.6) is 34.5 Å². The lowest BCUT2D eigenvalue weighted by atomic mass is 9.91. The Morgan fingerprint density at radius 3 is 0.978 bits per heavy atom. The van der Waals surface area contributed by atoms with Crippen LogP contribution in [0.15, 0.2) is 255 Å². The number of rotatable bonds is 24. The molecule has 0 radical (unpaired) electrons. The number of ether oxygens (including phenoxy) is 11. The fourth-order valence-electron chi connectivity index (χ4n) is 10.7. The molecule has 0 bridgehead atoms. The van der Waals surface area contributed by atoms with Crippen LogP contribution in [0.4, 0.5) is 0 Å². The predicted molar refractivity (Wildman–Crippen MR) is 337 cm³/mol. The number of esters is 2. The van der Waals surface area contributed by atoms with E-state index < -0.39 is 49.3 Å². The summed E-state index contributed by atoms with van der Waals surface area (Å²) in [6.07, 6.45) is -6.93. The van der Waals surface area contributed by atoms with Crippen molar-refractivity contribution in [2.24, 2.45) is 0 Å². The van der Waals surface area contributed by atoms with Gasteiger partial charge in [-0.2, -0.15) is 0 Å². The van der Waals surface area contributed by atoms with Gasteiger partial charge in [-0.1, -0.05) is 243 Å². The van der Waals surface area contributed by atoms with Crippen molar-refractivity contribution in [2.75, 3.05) is 6.61 Å². The second kappa shape index (κ2) is 29.7. The molecule has 1 fully saturated rings. The highest BCUT2D eigenvalue weighted by atomic mass is 16.7. The molecular formula is C76H66O14. The minimum atomic E-state index is -1.67. The molecule has 2 aliphatic rings. The highest BCUT2D eigenvalue weighted by molar-refractivity contribution is 6.09. The zero-order valence-corrected chi connectivity index (χ0v) is 49.3. The number of fused-ring (bicyclic) bond motifs is 4. The summed E-state index contributed by atoms with van der Waals surface area (Å²) in [5, 5.41) is 12.1. The first-order valence-electron chi connectivity index (χ1n) is 29.8. The Balaban J connectivity index is 1.12. The average molecular weight is 1200 g/mol. The van der Waals surface area contributed by atoms with E-state index in [-0.39, 0.29) is 110 Å². The molecule has 10 aromatic carbocycles. The summed E-state index contributed by atoms with van der Waals surface area (Å²) < 4.78 is 75.1. The molecule has 14 nitrogen and oxygen atoms in total. The Bertz CT molecular complexity index is 3920. The quantitative estimate of drug-likeness (QED) is 0.0570. The third-order valence-corrected chi connectivity index (χ3v) is 15.3. The normalized spacial score (nSPS) is 17.0. The smallest absolute Gasteiger partial charge is 0.339 e. The van der Waals surface area contributed by atoms with E-state index in [0.717, 1.165) is 44.5 Å². The summed E-state index contributed by atoms with van der Waals surface area (Å²) in [7, 11) is 0. The van der Waals surface area contributed by atoms with Crippen LogP contribution in [0.3, 0.4) is 0 Å². The Kier molecular flexibility index (Phi) is 19.8. The standard InChI is InChI=1S/C76H66O14/c77-74-60-41-62(80-43-52-25-9-1-10-26-52)67(82-45-54-29-13-3-14-30-54)70(84-47-56-33-17-5-18-34-56)65(60)66-61(42-63(81-44-53-27-11-2-12-28-53)68(83-46-55-31-15-4-16-32-55)71(66)85-48-57-35-19-6-20-36-57)75(78)90-69-64(51-88-74)89-76(79)73(87-50-59-39-23-8-24-40-59)72(69)86-49-58-37-21-7-22-38-58/h1-42,64,69,72-73,76,79H,43-51H2/t64-,69-,72+,73-,76+/m1/s1.